The highest BCUT2D eigenvalue weighted by Gasteiger charge is 2.12. The van der Waals surface area contributed by atoms with E-state index in [-0.39, 0.29) is 5.82 Å². The first-order chi connectivity index (χ1) is 9.74. The first-order valence-corrected chi connectivity index (χ1v) is 6.49. The van der Waals surface area contributed by atoms with Gasteiger partial charge in [-0.3, -0.25) is 4.98 Å². The lowest BCUT2D eigenvalue weighted by molar-refractivity contribution is 0.180. The lowest BCUT2D eigenvalue weighted by Gasteiger charge is -2.13. The zero-order chi connectivity index (χ0) is 13.9. The van der Waals surface area contributed by atoms with E-state index in [2.05, 4.69) is 4.98 Å². The summed E-state index contributed by atoms with van der Waals surface area (Å²) in [5.41, 5.74) is 1.78. The first kappa shape index (κ1) is 12.8. The standard InChI is InChI=1S/C17H14FNO/c18-14-6-4-12(5-7-14)10-17(20)16-3-1-2-13-11-19-9-8-15(13)16/h1-9,11,17,20H,10H2. The molecular weight excluding hydrogens is 253 g/mol. The number of hydrogen-bond donors (Lipinski definition) is 1. The molecule has 0 aliphatic heterocycles. The van der Waals surface area contributed by atoms with Crippen LogP contribution in [0.4, 0.5) is 4.39 Å². The average molecular weight is 267 g/mol. The molecule has 1 heterocycles. The summed E-state index contributed by atoms with van der Waals surface area (Å²) in [7, 11) is 0. The largest absolute Gasteiger partial charge is 0.388 e. The van der Waals surface area contributed by atoms with Gasteiger partial charge in [0, 0.05) is 24.2 Å². The molecular formula is C17H14FNO. The maximum absolute atomic E-state index is 12.9. The van der Waals surface area contributed by atoms with E-state index >= 15 is 0 Å². The summed E-state index contributed by atoms with van der Waals surface area (Å²) in [5, 5.41) is 12.4. The van der Waals surface area contributed by atoms with Gasteiger partial charge in [0.05, 0.1) is 6.10 Å². The molecule has 3 rings (SSSR count). The fourth-order valence-electron chi connectivity index (χ4n) is 2.39. The normalized spacial score (nSPS) is 12.5. The highest BCUT2D eigenvalue weighted by molar-refractivity contribution is 5.85. The van der Waals surface area contributed by atoms with Gasteiger partial charge in [0.2, 0.25) is 0 Å². The number of aliphatic hydroxyl groups excluding tert-OH is 1. The predicted octanol–water partition coefficient (Wildman–Crippen LogP) is 3.65. The Morgan fingerprint density at radius 1 is 1.05 bits per heavy atom. The Kier molecular flexibility index (Phi) is 3.44. The zero-order valence-electron chi connectivity index (χ0n) is 10.8. The van der Waals surface area contributed by atoms with E-state index in [9.17, 15) is 9.50 Å². The minimum atomic E-state index is -0.619. The van der Waals surface area contributed by atoms with Crippen LogP contribution in [0.15, 0.2) is 60.9 Å². The number of hydrogen-bond acceptors (Lipinski definition) is 2. The van der Waals surface area contributed by atoms with Crippen molar-refractivity contribution in [2.24, 2.45) is 0 Å². The summed E-state index contributed by atoms with van der Waals surface area (Å²) in [5.74, 6) is -0.264. The van der Waals surface area contributed by atoms with Gasteiger partial charge in [-0.15, -0.1) is 0 Å². The molecule has 2 nitrogen and oxygen atoms in total. The second-order valence-electron chi connectivity index (χ2n) is 4.79. The molecule has 3 aromatic rings. The molecule has 1 aromatic heterocycles. The van der Waals surface area contributed by atoms with Crippen molar-refractivity contribution in [2.75, 3.05) is 0 Å². The number of halogens is 1. The topological polar surface area (TPSA) is 33.1 Å². The Hall–Kier alpha value is -2.26. The number of aromatic nitrogens is 1. The number of pyridine rings is 1. The molecule has 0 aliphatic carbocycles. The SMILES string of the molecule is OC(Cc1ccc(F)cc1)c1cccc2cnccc12. The fourth-order valence-corrected chi connectivity index (χ4v) is 2.39. The van der Waals surface area contributed by atoms with Crippen molar-refractivity contribution in [3.05, 3.63) is 77.9 Å². The van der Waals surface area contributed by atoms with Crippen LogP contribution in [0, 0.1) is 5.82 Å². The summed E-state index contributed by atoms with van der Waals surface area (Å²) < 4.78 is 12.9. The van der Waals surface area contributed by atoms with E-state index in [0.717, 1.165) is 21.9 Å². The van der Waals surface area contributed by atoms with Gasteiger partial charge in [-0.05, 0) is 34.7 Å². The van der Waals surface area contributed by atoms with Crippen molar-refractivity contribution in [2.45, 2.75) is 12.5 Å². The molecule has 0 amide bonds. The summed E-state index contributed by atoms with van der Waals surface area (Å²) in [6.45, 7) is 0. The Balaban J connectivity index is 1.92. The van der Waals surface area contributed by atoms with Crippen LogP contribution in [-0.2, 0) is 6.42 Å². The van der Waals surface area contributed by atoms with Crippen LogP contribution in [0.1, 0.15) is 17.2 Å². The van der Waals surface area contributed by atoms with Crippen molar-refractivity contribution in [3.8, 4) is 0 Å². The van der Waals surface area contributed by atoms with Gasteiger partial charge in [0.15, 0.2) is 0 Å². The monoisotopic (exact) mass is 267 g/mol. The van der Waals surface area contributed by atoms with Gasteiger partial charge >= 0.3 is 0 Å². The molecule has 1 atom stereocenters. The zero-order valence-corrected chi connectivity index (χ0v) is 10.8. The highest BCUT2D eigenvalue weighted by Crippen LogP contribution is 2.26. The maximum atomic E-state index is 12.9. The molecule has 3 heteroatoms. The Labute approximate surface area is 116 Å². The van der Waals surface area contributed by atoms with Crippen molar-refractivity contribution >= 4 is 10.8 Å². The molecule has 20 heavy (non-hydrogen) atoms. The van der Waals surface area contributed by atoms with Gasteiger partial charge in [-0.2, -0.15) is 0 Å². The highest BCUT2D eigenvalue weighted by atomic mass is 19.1. The minimum Gasteiger partial charge on any atom is -0.388 e. The third-order valence-electron chi connectivity index (χ3n) is 3.42. The van der Waals surface area contributed by atoms with Crippen LogP contribution in [0.3, 0.4) is 0 Å². The minimum absolute atomic E-state index is 0.264. The van der Waals surface area contributed by atoms with E-state index in [4.69, 9.17) is 0 Å². The van der Waals surface area contributed by atoms with Crippen LogP contribution in [0.25, 0.3) is 10.8 Å². The van der Waals surface area contributed by atoms with E-state index < -0.39 is 6.10 Å². The molecule has 2 aromatic carbocycles. The Bertz CT molecular complexity index is 719. The van der Waals surface area contributed by atoms with Crippen molar-refractivity contribution < 1.29 is 9.50 Å². The molecule has 0 aliphatic rings. The maximum Gasteiger partial charge on any atom is 0.123 e. The summed E-state index contributed by atoms with van der Waals surface area (Å²) >= 11 is 0. The molecule has 0 spiro atoms. The lowest BCUT2D eigenvalue weighted by atomic mass is 9.97. The van der Waals surface area contributed by atoms with Crippen molar-refractivity contribution in [1.29, 1.82) is 0 Å². The van der Waals surface area contributed by atoms with Crippen LogP contribution in [0.5, 0.6) is 0 Å². The Morgan fingerprint density at radius 3 is 2.65 bits per heavy atom. The molecule has 1 N–H and O–H groups in total. The Morgan fingerprint density at radius 2 is 1.85 bits per heavy atom. The van der Waals surface area contributed by atoms with Gasteiger partial charge in [-0.1, -0.05) is 30.3 Å². The van der Waals surface area contributed by atoms with Crippen LogP contribution < -0.4 is 0 Å². The second kappa shape index (κ2) is 5.39. The molecule has 0 radical (unpaired) electrons. The quantitative estimate of drug-likeness (QED) is 0.785. The molecule has 0 saturated heterocycles. The van der Waals surface area contributed by atoms with Crippen LogP contribution >= 0.6 is 0 Å². The number of nitrogens with zero attached hydrogens (tertiary/aromatic N) is 1. The molecule has 0 saturated carbocycles. The third kappa shape index (κ3) is 2.53. The first-order valence-electron chi connectivity index (χ1n) is 6.49. The van der Waals surface area contributed by atoms with E-state index in [1.54, 1.807) is 24.5 Å². The number of aliphatic hydroxyl groups is 1. The fraction of sp³-hybridized carbons (Fsp3) is 0.118. The van der Waals surface area contributed by atoms with E-state index in [1.807, 2.05) is 24.3 Å². The van der Waals surface area contributed by atoms with Crippen molar-refractivity contribution in [3.63, 3.8) is 0 Å². The predicted molar refractivity (Wildman–Crippen MR) is 76.8 cm³/mol. The third-order valence-corrected chi connectivity index (χ3v) is 3.42. The van der Waals surface area contributed by atoms with E-state index in [0.29, 0.717) is 6.42 Å². The molecule has 0 fully saturated rings. The average Bonchev–Trinajstić information content (AvgIpc) is 2.49. The number of fused-ring (bicyclic) bond motifs is 1. The summed E-state index contributed by atoms with van der Waals surface area (Å²) in [4.78, 5) is 4.08. The van der Waals surface area contributed by atoms with Gasteiger partial charge in [-0.25, -0.2) is 4.39 Å². The van der Waals surface area contributed by atoms with Crippen LogP contribution in [0.2, 0.25) is 0 Å². The summed E-state index contributed by atoms with van der Waals surface area (Å²) in [6, 6.07) is 13.9. The van der Waals surface area contributed by atoms with Gasteiger partial charge in [0.1, 0.15) is 5.82 Å². The van der Waals surface area contributed by atoms with E-state index in [1.165, 1.54) is 12.1 Å². The van der Waals surface area contributed by atoms with Crippen LogP contribution in [-0.4, -0.2) is 10.1 Å². The van der Waals surface area contributed by atoms with Gasteiger partial charge < -0.3 is 5.11 Å². The number of benzene rings is 2. The van der Waals surface area contributed by atoms with Crippen molar-refractivity contribution in [1.82, 2.24) is 4.98 Å². The molecule has 100 valence electrons. The summed E-state index contributed by atoms with van der Waals surface area (Å²) in [6.07, 6.45) is 3.34. The van der Waals surface area contributed by atoms with Gasteiger partial charge in [0.25, 0.3) is 0 Å². The smallest absolute Gasteiger partial charge is 0.123 e. The lowest BCUT2D eigenvalue weighted by Crippen LogP contribution is -2.02. The number of rotatable bonds is 3. The second-order valence-corrected chi connectivity index (χ2v) is 4.79. The molecule has 0 bridgehead atoms. The molecule has 1 unspecified atom stereocenters.